The highest BCUT2D eigenvalue weighted by atomic mass is 35.5. The number of nitrogens with zero attached hydrogens (tertiary/aromatic N) is 5. The molecule has 3 aromatic heterocycles. The van der Waals surface area contributed by atoms with E-state index < -0.39 is 11.9 Å². The van der Waals surface area contributed by atoms with Crippen molar-refractivity contribution >= 4 is 28.8 Å². The number of ether oxygens (including phenoxy) is 1. The average molecular weight is 553 g/mol. The van der Waals surface area contributed by atoms with E-state index in [1.54, 1.807) is 35.5 Å². The molecule has 204 valence electrons. The molecule has 9 nitrogen and oxygen atoms in total. The predicted octanol–water partition coefficient (Wildman–Crippen LogP) is 4.62. The lowest BCUT2D eigenvalue weighted by molar-refractivity contribution is 0.0759. The number of carbonyl (C=O) groups is 1. The number of aliphatic hydroxyl groups is 1. The van der Waals surface area contributed by atoms with E-state index in [0.29, 0.717) is 47.0 Å². The zero-order valence-electron chi connectivity index (χ0n) is 22.2. The van der Waals surface area contributed by atoms with E-state index in [4.69, 9.17) is 27.1 Å². The van der Waals surface area contributed by atoms with Crippen LogP contribution in [0.25, 0.3) is 16.6 Å². The number of rotatable bonds is 6. The van der Waals surface area contributed by atoms with Gasteiger partial charge in [-0.05, 0) is 39.3 Å². The molecule has 0 radical (unpaired) electrons. The van der Waals surface area contributed by atoms with Gasteiger partial charge < -0.3 is 20.5 Å². The van der Waals surface area contributed by atoms with Gasteiger partial charge in [0.15, 0.2) is 5.82 Å². The van der Waals surface area contributed by atoms with E-state index in [1.807, 2.05) is 32.1 Å². The molecule has 2 atom stereocenters. The number of carbonyl (C=O) groups excluding carboxylic acids is 1. The monoisotopic (exact) mass is 552 g/mol. The Kier molecular flexibility index (Phi) is 7.17. The molecule has 1 unspecified atom stereocenters. The van der Waals surface area contributed by atoms with Crippen LogP contribution in [-0.2, 0) is 0 Å². The number of fused-ring (bicyclic) bond motifs is 1. The van der Waals surface area contributed by atoms with Crippen molar-refractivity contribution in [2.75, 3.05) is 18.8 Å². The first-order valence-corrected chi connectivity index (χ1v) is 13.2. The van der Waals surface area contributed by atoms with Gasteiger partial charge in [-0.25, -0.2) is 14.4 Å². The molecule has 0 spiro atoms. The highest BCUT2D eigenvalue weighted by molar-refractivity contribution is 6.31. The van der Waals surface area contributed by atoms with Crippen LogP contribution in [0.3, 0.4) is 0 Å². The Balaban J connectivity index is 1.61. The van der Waals surface area contributed by atoms with Gasteiger partial charge in [-0.15, -0.1) is 0 Å². The van der Waals surface area contributed by atoms with Crippen LogP contribution in [0.2, 0.25) is 5.02 Å². The molecule has 11 heteroatoms. The van der Waals surface area contributed by atoms with E-state index >= 15 is 4.39 Å². The summed E-state index contributed by atoms with van der Waals surface area (Å²) >= 11 is 6.45. The van der Waals surface area contributed by atoms with Gasteiger partial charge in [-0.3, -0.25) is 14.2 Å². The van der Waals surface area contributed by atoms with Gasteiger partial charge in [0.2, 0.25) is 0 Å². The number of aliphatic hydroxyl groups excluding tert-OH is 1. The summed E-state index contributed by atoms with van der Waals surface area (Å²) in [6.07, 6.45) is 4.55. The molecule has 1 aliphatic heterocycles. The molecule has 1 aromatic carbocycles. The fourth-order valence-electron chi connectivity index (χ4n) is 5.04. The number of benzene rings is 1. The number of hydrogen-bond donors (Lipinski definition) is 2. The molecular weight excluding hydrogens is 523 g/mol. The lowest BCUT2D eigenvalue weighted by Gasteiger charge is -2.23. The Bertz CT molecular complexity index is 1560. The van der Waals surface area contributed by atoms with Crippen LogP contribution in [0.4, 0.5) is 10.2 Å². The average Bonchev–Trinajstić information content (AvgIpc) is 3.49. The maximum absolute atomic E-state index is 15.7. The largest absolute Gasteiger partial charge is 0.490 e. The molecule has 39 heavy (non-hydrogen) atoms. The lowest BCUT2D eigenvalue weighted by atomic mass is 9.93. The first-order valence-electron chi connectivity index (χ1n) is 12.8. The van der Waals surface area contributed by atoms with Crippen molar-refractivity contribution in [3.05, 3.63) is 70.4 Å². The number of hydrogen-bond acceptors (Lipinski definition) is 7. The Morgan fingerprint density at radius 3 is 2.69 bits per heavy atom. The summed E-state index contributed by atoms with van der Waals surface area (Å²) in [5, 5.41) is 9.70. The van der Waals surface area contributed by atoms with Crippen molar-refractivity contribution in [1.29, 1.82) is 0 Å². The minimum absolute atomic E-state index is 0.0760. The lowest BCUT2D eigenvalue weighted by Crippen LogP contribution is -2.30. The van der Waals surface area contributed by atoms with E-state index in [1.165, 1.54) is 6.20 Å². The van der Waals surface area contributed by atoms with Gasteiger partial charge in [0.25, 0.3) is 5.91 Å². The standard InChI is InChI=1S/C28H30ClFN6O3/c1-14(2)39-25-19(15(3)27-34-16(4)24-26(31)32-8-10-36(24)27)11-20(29)23(30)22(25)17-5-6-21(33-12-17)28(38)35-9-7-18(37)13-35/h5-6,8,10-12,14-15,18,37H,7,9,13H2,1-4H3,(H2,31,32)/t15-,18?/m0/s1. The second-order valence-electron chi connectivity index (χ2n) is 10.1. The molecule has 1 aliphatic rings. The fraction of sp³-hybridized carbons (Fsp3) is 0.357. The van der Waals surface area contributed by atoms with Crippen molar-refractivity contribution in [3.8, 4) is 16.9 Å². The molecule has 5 rings (SSSR count). The van der Waals surface area contributed by atoms with Crippen LogP contribution in [0.1, 0.15) is 60.7 Å². The van der Waals surface area contributed by atoms with Crippen LogP contribution in [-0.4, -0.2) is 60.6 Å². The fourth-order valence-corrected chi connectivity index (χ4v) is 5.25. The van der Waals surface area contributed by atoms with Crippen LogP contribution in [0.15, 0.2) is 36.8 Å². The quantitative estimate of drug-likeness (QED) is 0.358. The van der Waals surface area contributed by atoms with E-state index in [-0.39, 0.29) is 40.8 Å². The molecule has 1 amide bonds. The summed E-state index contributed by atoms with van der Waals surface area (Å²) in [5.41, 5.74) is 8.95. The van der Waals surface area contributed by atoms with Crippen LogP contribution >= 0.6 is 11.6 Å². The smallest absolute Gasteiger partial charge is 0.272 e. The molecule has 4 heterocycles. The molecule has 3 N–H and O–H groups in total. The van der Waals surface area contributed by atoms with Gasteiger partial charge >= 0.3 is 0 Å². The van der Waals surface area contributed by atoms with Crippen molar-refractivity contribution in [1.82, 2.24) is 24.3 Å². The van der Waals surface area contributed by atoms with Gasteiger partial charge in [0.1, 0.15) is 28.6 Å². The predicted molar refractivity (Wildman–Crippen MR) is 147 cm³/mol. The van der Waals surface area contributed by atoms with E-state index in [0.717, 1.165) is 5.69 Å². The van der Waals surface area contributed by atoms with Crippen molar-refractivity contribution in [2.45, 2.75) is 52.2 Å². The molecule has 1 fully saturated rings. The summed E-state index contributed by atoms with van der Waals surface area (Å²) in [5.74, 6) is 0.0537. The second-order valence-corrected chi connectivity index (χ2v) is 10.5. The van der Waals surface area contributed by atoms with E-state index in [9.17, 15) is 9.90 Å². The van der Waals surface area contributed by atoms with Gasteiger partial charge in [0, 0.05) is 48.7 Å². The number of amides is 1. The molecular formula is C28H30ClFN6O3. The summed E-state index contributed by atoms with van der Waals surface area (Å²) < 4.78 is 23.8. The van der Waals surface area contributed by atoms with Gasteiger partial charge in [-0.1, -0.05) is 24.6 Å². The molecule has 4 aromatic rings. The minimum atomic E-state index is -0.649. The minimum Gasteiger partial charge on any atom is -0.490 e. The number of nitrogens with two attached hydrogens (primary N) is 1. The van der Waals surface area contributed by atoms with Crippen LogP contribution < -0.4 is 10.5 Å². The summed E-state index contributed by atoms with van der Waals surface area (Å²) in [6.45, 7) is 8.24. The van der Waals surface area contributed by atoms with Crippen molar-refractivity contribution < 1.29 is 19.0 Å². The Hall–Kier alpha value is -3.76. The number of imidazole rings is 1. The molecule has 1 saturated heterocycles. The molecule has 0 saturated carbocycles. The number of likely N-dealkylation sites (tertiary alicyclic amines) is 1. The summed E-state index contributed by atoms with van der Waals surface area (Å²) in [7, 11) is 0. The zero-order valence-corrected chi connectivity index (χ0v) is 22.9. The van der Waals surface area contributed by atoms with Crippen molar-refractivity contribution in [2.24, 2.45) is 0 Å². The normalized spacial score (nSPS) is 16.3. The number of halogens is 2. The topological polar surface area (TPSA) is 119 Å². The maximum Gasteiger partial charge on any atom is 0.272 e. The van der Waals surface area contributed by atoms with Crippen LogP contribution in [0.5, 0.6) is 5.75 Å². The van der Waals surface area contributed by atoms with Crippen LogP contribution in [0, 0.1) is 12.7 Å². The first-order chi connectivity index (χ1) is 18.6. The molecule has 0 aliphatic carbocycles. The number of β-amino-alcohol motifs (C(OH)–C–C–N with tert-alkyl or cyclic N) is 1. The van der Waals surface area contributed by atoms with Crippen molar-refractivity contribution in [3.63, 3.8) is 0 Å². The zero-order chi connectivity index (χ0) is 28.0. The maximum atomic E-state index is 15.7. The highest BCUT2D eigenvalue weighted by Crippen LogP contribution is 2.44. The Morgan fingerprint density at radius 2 is 2.05 bits per heavy atom. The summed E-state index contributed by atoms with van der Waals surface area (Å²) in [4.78, 5) is 27.6. The number of pyridine rings is 1. The highest BCUT2D eigenvalue weighted by Gasteiger charge is 2.29. The summed E-state index contributed by atoms with van der Waals surface area (Å²) in [6, 6.07) is 4.74. The Morgan fingerprint density at radius 1 is 1.28 bits per heavy atom. The second kappa shape index (κ2) is 10.4. The van der Waals surface area contributed by atoms with Gasteiger partial charge in [0.05, 0.1) is 28.5 Å². The number of aromatic nitrogens is 4. The third kappa shape index (κ3) is 4.90. The third-order valence-corrected chi connectivity index (χ3v) is 7.19. The number of nitrogen functional groups attached to an aromatic ring is 1. The molecule has 0 bridgehead atoms. The SMILES string of the molecule is Cc1nc([C@@H](C)c2cc(Cl)c(F)c(-c3ccc(C(=O)N4CCC(O)C4)nc3)c2OC(C)C)n2ccnc(N)c12. The Labute approximate surface area is 230 Å². The first kappa shape index (κ1) is 26.8. The number of aryl methyl sites for hydroxylation is 1. The number of anilines is 1. The van der Waals surface area contributed by atoms with E-state index in [2.05, 4.69) is 9.97 Å². The third-order valence-electron chi connectivity index (χ3n) is 6.91. The van der Waals surface area contributed by atoms with Gasteiger partial charge in [-0.2, -0.15) is 0 Å².